The Morgan fingerprint density at radius 2 is 1.84 bits per heavy atom. The van der Waals surface area contributed by atoms with Crippen LogP contribution in [0.2, 0.25) is 5.02 Å². The van der Waals surface area contributed by atoms with Gasteiger partial charge in [-0.05, 0) is 24.3 Å². The predicted molar refractivity (Wildman–Crippen MR) is 115 cm³/mol. The Kier molecular flexibility index (Phi) is 7.96. The van der Waals surface area contributed by atoms with Gasteiger partial charge in [0.2, 0.25) is 0 Å². The number of halogens is 1. The van der Waals surface area contributed by atoms with Gasteiger partial charge in [-0.2, -0.15) is 0 Å². The molecule has 9 nitrogen and oxygen atoms in total. The number of benzene rings is 2. The number of rotatable bonds is 8. The lowest BCUT2D eigenvalue weighted by Crippen LogP contribution is -2.21. The van der Waals surface area contributed by atoms with Crippen LogP contribution in [0.25, 0.3) is 0 Å². The van der Waals surface area contributed by atoms with Crippen LogP contribution in [0.3, 0.4) is 0 Å². The zero-order valence-corrected chi connectivity index (χ0v) is 17.9. The zero-order valence-electron chi connectivity index (χ0n) is 16.3. The van der Waals surface area contributed by atoms with Crippen LogP contribution < -0.4 is 14.8 Å². The summed E-state index contributed by atoms with van der Waals surface area (Å²) >= 11 is 7.28. The van der Waals surface area contributed by atoms with E-state index in [1.807, 2.05) is 12.1 Å². The van der Waals surface area contributed by atoms with Gasteiger partial charge in [0.15, 0.2) is 18.1 Å². The van der Waals surface area contributed by atoms with Gasteiger partial charge in [0.25, 0.3) is 11.6 Å². The van der Waals surface area contributed by atoms with E-state index >= 15 is 0 Å². The van der Waals surface area contributed by atoms with Gasteiger partial charge < -0.3 is 19.5 Å². The van der Waals surface area contributed by atoms with Gasteiger partial charge >= 0.3 is 5.97 Å². The SMILES string of the molecule is O=C(COC(=O)CCSc1ccc(Cl)cc1)Nc1cc2c(cc1[N+](=O)[O-])OCCCO2. The number of fused-ring (bicyclic) bond motifs is 1. The van der Waals surface area contributed by atoms with Crippen molar-refractivity contribution in [3.63, 3.8) is 0 Å². The van der Waals surface area contributed by atoms with Crippen LogP contribution in [0.1, 0.15) is 12.8 Å². The van der Waals surface area contributed by atoms with Gasteiger partial charge in [-0.3, -0.25) is 19.7 Å². The minimum atomic E-state index is -0.698. The highest BCUT2D eigenvalue weighted by atomic mass is 35.5. The second kappa shape index (κ2) is 10.9. The van der Waals surface area contributed by atoms with Crippen LogP contribution in [-0.2, 0) is 14.3 Å². The number of hydrogen-bond donors (Lipinski definition) is 1. The number of carbonyl (C=O) groups excluding carboxylic acids is 2. The summed E-state index contributed by atoms with van der Waals surface area (Å²) in [4.78, 5) is 35.7. The normalized spacial score (nSPS) is 12.5. The maximum atomic E-state index is 12.2. The lowest BCUT2D eigenvalue weighted by atomic mass is 10.2. The van der Waals surface area contributed by atoms with E-state index in [0.717, 1.165) is 4.90 Å². The maximum Gasteiger partial charge on any atom is 0.307 e. The molecular weight excluding hydrogens is 448 g/mol. The van der Waals surface area contributed by atoms with E-state index in [0.29, 0.717) is 36.2 Å². The summed E-state index contributed by atoms with van der Waals surface area (Å²) in [6, 6.07) is 9.73. The number of nitrogens with zero attached hydrogens (tertiary/aromatic N) is 1. The van der Waals surface area contributed by atoms with Crippen molar-refractivity contribution in [2.45, 2.75) is 17.7 Å². The molecule has 2 aromatic rings. The number of ether oxygens (including phenoxy) is 3. The van der Waals surface area contributed by atoms with Gasteiger partial charge in [0.05, 0.1) is 30.6 Å². The molecule has 1 aliphatic heterocycles. The molecule has 1 amide bonds. The summed E-state index contributed by atoms with van der Waals surface area (Å²) < 4.78 is 15.9. The summed E-state index contributed by atoms with van der Waals surface area (Å²) in [5.74, 6) is -0.238. The van der Waals surface area contributed by atoms with Crippen LogP contribution >= 0.6 is 23.4 Å². The minimum absolute atomic E-state index is 0.0615. The molecule has 0 fully saturated rings. The number of amides is 1. The topological polar surface area (TPSA) is 117 Å². The number of thioether (sulfide) groups is 1. The molecule has 1 N–H and O–H groups in total. The van der Waals surface area contributed by atoms with E-state index in [-0.39, 0.29) is 23.5 Å². The fourth-order valence-electron chi connectivity index (χ4n) is 2.64. The third kappa shape index (κ3) is 6.76. The Labute approximate surface area is 187 Å². The first-order valence-electron chi connectivity index (χ1n) is 9.34. The highest BCUT2D eigenvalue weighted by molar-refractivity contribution is 7.99. The van der Waals surface area contributed by atoms with Crippen LogP contribution in [0.5, 0.6) is 11.5 Å². The van der Waals surface area contributed by atoms with Crippen molar-refractivity contribution in [2.24, 2.45) is 0 Å². The highest BCUT2D eigenvalue weighted by Crippen LogP contribution is 2.39. The lowest BCUT2D eigenvalue weighted by molar-refractivity contribution is -0.384. The number of nitro groups is 1. The number of nitrogens with one attached hydrogen (secondary N) is 1. The van der Waals surface area contributed by atoms with Crippen molar-refractivity contribution in [3.05, 3.63) is 51.5 Å². The first-order chi connectivity index (χ1) is 14.9. The van der Waals surface area contributed by atoms with E-state index in [4.69, 9.17) is 25.8 Å². The molecule has 31 heavy (non-hydrogen) atoms. The van der Waals surface area contributed by atoms with E-state index in [1.54, 1.807) is 12.1 Å². The molecule has 0 bridgehead atoms. The van der Waals surface area contributed by atoms with Crippen LogP contribution in [0, 0.1) is 10.1 Å². The van der Waals surface area contributed by atoms with E-state index < -0.39 is 23.4 Å². The van der Waals surface area contributed by atoms with E-state index in [2.05, 4.69) is 5.32 Å². The molecule has 3 rings (SSSR count). The zero-order chi connectivity index (χ0) is 22.2. The molecule has 0 aliphatic carbocycles. The second-order valence-corrected chi connectivity index (χ2v) is 7.99. The van der Waals surface area contributed by atoms with Crippen molar-refractivity contribution >= 4 is 46.6 Å². The molecule has 0 saturated carbocycles. The van der Waals surface area contributed by atoms with E-state index in [1.165, 1.54) is 23.9 Å². The monoisotopic (exact) mass is 466 g/mol. The van der Waals surface area contributed by atoms with Crippen LogP contribution in [0.4, 0.5) is 11.4 Å². The number of hydrogen-bond acceptors (Lipinski definition) is 8. The third-order valence-corrected chi connectivity index (χ3v) is 5.36. The molecular formula is C20H19ClN2O7S. The Bertz CT molecular complexity index is 969. The number of nitro benzene ring substituents is 1. The molecule has 164 valence electrons. The molecule has 2 aromatic carbocycles. The van der Waals surface area contributed by atoms with E-state index in [9.17, 15) is 19.7 Å². The minimum Gasteiger partial charge on any atom is -0.489 e. The van der Waals surface area contributed by atoms with Crippen molar-refractivity contribution in [3.8, 4) is 11.5 Å². The number of carbonyl (C=O) groups is 2. The first kappa shape index (κ1) is 22.7. The van der Waals surface area contributed by atoms with Gasteiger partial charge in [0, 0.05) is 28.2 Å². The average Bonchev–Trinajstić information content (AvgIpc) is 2.98. The quantitative estimate of drug-likeness (QED) is 0.268. The smallest absolute Gasteiger partial charge is 0.307 e. The molecule has 0 radical (unpaired) electrons. The second-order valence-electron chi connectivity index (χ2n) is 6.38. The molecule has 1 aliphatic rings. The summed E-state index contributed by atoms with van der Waals surface area (Å²) in [5, 5.41) is 14.4. The van der Waals surface area contributed by atoms with Gasteiger partial charge in [-0.25, -0.2) is 0 Å². The summed E-state index contributed by atoms with van der Waals surface area (Å²) in [6.45, 7) is 0.210. The Balaban J connectivity index is 1.50. The fraction of sp³-hybridized carbons (Fsp3) is 0.300. The maximum absolute atomic E-state index is 12.2. The summed E-state index contributed by atoms with van der Waals surface area (Å²) in [6.07, 6.45) is 0.737. The number of anilines is 1. The first-order valence-corrected chi connectivity index (χ1v) is 10.7. The molecule has 0 saturated heterocycles. The Hall–Kier alpha value is -2.98. The lowest BCUT2D eigenvalue weighted by Gasteiger charge is -2.11. The van der Waals surface area contributed by atoms with Crippen molar-refractivity contribution in [2.75, 3.05) is 30.9 Å². The molecule has 0 unspecified atom stereocenters. The van der Waals surface area contributed by atoms with Crippen molar-refractivity contribution in [1.82, 2.24) is 0 Å². The van der Waals surface area contributed by atoms with Crippen molar-refractivity contribution < 1.29 is 28.7 Å². The summed E-state index contributed by atoms with van der Waals surface area (Å²) in [5.41, 5.74) is -0.406. The van der Waals surface area contributed by atoms with Gasteiger partial charge in [0.1, 0.15) is 5.69 Å². The molecule has 11 heteroatoms. The largest absolute Gasteiger partial charge is 0.489 e. The average molecular weight is 467 g/mol. The molecule has 1 heterocycles. The molecule has 0 atom stereocenters. The highest BCUT2D eigenvalue weighted by Gasteiger charge is 2.23. The van der Waals surface area contributed by atoms with Gasteiger partial charge in [-0.1, -0.05) is 11.6 Å². The van der Waals surface area contributed by atoms with Gasteiger partial charge in [-0.15, -0.1) is 11.8 Å². The third-order valence-electron chi connectivity index (χ3n) is 4.09. The standard InChI is InChI=1S/C20H19ClN2O7S/c21-13-2-4-14(5-3-13)31-9-6-20(25)30-12-19(24)22-15-10-17-18(11-16(15)23(26)27)29-8-1-7-28-17/h2-5,10-11H,1,6-9,12H2,(H,22,24). The Morgan fingerprint density at radius 1 is 1.16 bits per heavy atom. The number of esters is 1. The summed E-state index contributed by atoms with van der Waals surface area (Å²) in [7, 11) is 0. The predicted octanol–water partition coefficient (Wildman–Crippen LogP) is 4.07. The van der Waals surface area contributed by atoms with Crippen molar-refractivity contribution in [1.29, 1.82) is 0 Å². The molecule has 0 aromatic heterocycles. The Morgan fingerprint density at radius 3 is 2.52 bits per heavy atom. The molecule has 0 spiro atoms. The fourth-order valence-corrected chi connectivity index (χ4v) is 3.60. The van der Waals surface area contributed by atoms with Crippen LogP contribution in [0.15, 0.2) is 41.3 Å². The van der Waals surface area contributed by atoms with Crippen LogP contribution in [-0.4, -0.2) is 42.4 Å².